The minimum absolute atomic E-state index is 0.191. The number of likely N-dealkylation sites (N-methyl/N-ethyl adjacent to an activating group) is 1. The maximum absolute atomic E-state index is 12.2. The van der Waals surface area contributed by atoms with E-state index in [9.17, 15) is 9.59 Å². The van der Waals surface area contributed by atoms with Crippen LogP contribution in [0.2, 0.25) is 0 Å². The molecule has 1 aromatic carbocycles. The van der Waals surface area contributed by atoms with Crippen molar-refractivity contribution in [1.82, 2.24) is 4.90 Å². The van der Waals surface area contributed by atoms with E-state index in [4.69, 9.17) is 4.74 Å². The van der Waals surface area contributed by atoms with Crippen LogP contribution in [-0.4, -0.2) is 41.4 Å². The molecule has 0 radical (unpaired) electrons. The fourth-order valence-corrected chi connectivity index (χ4v) is 2.16. The van der Waals surface area contributed by atoms with E-state index in [0.717, 1.165) is 5.56 Å². The number of esters is 1. The average molecular weight is 309 g/mol. The summed E-state index contributed by atoms with van der Waals surface area (Å²) in [7, 11) is 1.71. The highest BCUT2D eigenvalue weighted by atomic mass is 32.2. The molecule has 0 aliphatic heterocycles. The third-order valence-corrected chi connectivity index (χ3v) is 4.12. The second kappa shape index (κ2) is 8.72. The zero-order valence-electron chi connectivity index (χ0n) is 13.0. The van der Waals surface area contributed by atoms with Gasteiger partial charge in [0.2, 0.25) is 0 Å². The lowest BCUT2D eigenvalue weighted by Crippen LogP contribution is -2.37. The number of benzene rings is 1. The predicted molar refractivity (Wildman–Crippen MR) is 86.1 cm³/mol. The van der Waals surface area contributed by atoms with Gasteiger partial charge in [0.15, 0.2) is 6.10 Å². The van der Waals surface area contributed by atoms with Crippen LogP contribution < -0.4 is 0 Å². The lowest BCUT2D eigenvalue weighted by Gasteiger charge is -2.22. The summed E-state index contributed by atoms with van der Waals surface area (Å²) in [6.07, 6.45) is 1.52. The van der Waals surface area contributed by atoms with Crippen LogP contribution >= 0.6 is 11.8 Å². The first-order valence-corrected chi connectivity index (χ1v) is 8.24. The van der Waals surface area contributed by atoms with Crippen molar-refractivity contribution in [3.63, 3.8) is 0 Å². The lowest BCUT2D eigenvalue weighted by molar-refractivity contribution is -0.158. The molecule has 1 amide bonds. The molecule has 2 atom stereocenters. The molecule has 0 unspecified atom stereocenters. The number of hydrogen-bond acceptors (Lipinski definition) is 4. The van der Waals surface area contributed by atoms with E-state index < -0.39 is 6.10 Å². The van der Waals surface area contributed by atoms with Crippen LogP contribution in [0.1, 0.15) is 25.8 Å². The van der Waals surface area contributed by atoms with Crippen molar-refractivity contribution in [2.24, 2.45) is 0 Å². The molecule has 21 heavy (non-hydrogen) atoms. The topological polar surface area (TPSA) is 46.6 Å². The highest BCUT2D eigenvalue weighted by Gasteiger charge is 2.22. The van der Waals surface area contributed by atoms with Gasteiger partial charge in [0.25, 0.3) is 5.91 Å². The van der Waals surface area contributed by atoms with Crippen molar-refractivity contribution >= 4 is 23.6 Å². The molecule has 0 aliphatic carbocycles. The Kier molecular flexibility index (Phi) is 7.29. The lowest BCUT2D eigenvalue weighted by atomic mass is 10.2. The quantitative estimate of drug-likeness (QED) is 0.727. The zero-order chi connectivity index (χ0) is 15.8. The number of ether oxygens (including phenoxy) is 1. The summed E-state index contributed by atoms with van der Waals surface area (Å²) in [5.74, 6) is -0.519. The molecule has 0 aliphatic rings. The Hall–Kier alpha value is -1.49. The third-order valence-electron chi connectivity index (χ3n) is 3.15. The Morgan fingerprint density at radius 2 is 1.86 bits per heavy atom. The van der Waals surface area contributed by atoms with Gasteiger partial charge in [0, 0.05) is 18.8 Å². The van der Waals surface area contributed by atoms with Gasteiger partial charge in [-0.1, -0.05) is 37.3 Å². The maximum atomic E-state index is 12.2. The molecular weight excluding hydrogens is 286 g/mol. The van der Waals surface area contributed by atoms with Crippen molar-refractivity contribution in [1.29, 1.82) is 0 Å². The number of carbonyl (C=O) groups is 2. The minimum Gasteiger partial charge on any atom is -0.453 e. The van der Waals surface area contributed by atoms with Gasteiger partial charge < -0.3 is 9.64 Å². The van der Waals surface area contributed by atoms with Crippen molar-refractivity contribution in [3.8, 4) is 0 Å². The van der Waals surface area contributed by atoms with Gasteiger partial charge >= 0.3 is 5.97 Å². The standard InChI is InChI=1S/C16H23NO3S/c1-12(21-4)10-15(18)20-13(2)16(19)17(3)11-14-8-6-5-7-9-14/h5-9,12-13H,10-11H2,1-4H3/t12-,13+/m1/s1. The maximum Gasteiger partial charge on any atom is 0.307 e. The van der Waals surface area contributed by atoms with Crippen molar-refractivity contribution < 1.29 is 14.3 Å². The summed E-state index contributed by atoms with van der Waals surface area (Å²) in [4.78, 5) is 25.5. The minimum atomic E-state index is -0.750. The number of thioether (sulfide) groups is 1. The first kappa shape index (κ1) is 17.6. The summed E-state index contributed by atoms with van der Waals surface area (Å²) in [6, 6.07) is 9.71. The van der Waals surface area contributed by atoms with Crippen LogP contribution in [0.25, 0.3) is 0 Å². The van der Waals surface area contributed by atoms with Gasteiger partial charge in [-0.05, 0) is 18.7 Å². The highest BCUT2D eigenvalue weighted by molar-refractivity contribution is 7.99. The second-order valence-corrected chi connectivity index (χ2v) is 6.34. The Bertz CT molecular complexity index is 464. The Morgan fingerprint density at radius 1 is 1.24 bits per heavy atom. The van der Waals surface area contributed by atoms with E-state index in [2.05, 4.69) is 0 Å². The van der Waals surface area contributed by atoms with Gasteiger partial charge in [-0.25, -0.2) is 0 Å². The molecule has 0 spiro atoms. The molecule has 5 heteroatoms. The van der Waals surface area contributed by atoms with E-state index in [0.29, 0.717) is 13.0 Å². The molecule has 0 heterocycles. The number of rotatable bonds is 7. The number of nitrogens with zero attached hydrogens (tertiary/aromatic N) is 1. The summed E-state index contributed by atoms with van der Waals surface area (Å²) in [5.41, 5.74) is 1.04. The van der Waals surface area contributed by atoms with Crippen LogP contribution in [-0.2, 0) is 20.9 Å². The average Bonchev–Trinajstić information content (AvgIpc) is 2.46. The Morgan fingerprint density at radius 3 is 2.43 bits per heavy atom. The van der Waals surface area contributed by atoms with Gasteiger partial charge in [0.1, 0.15) is 0 Å². The van der Waals surface area contributed by atoms with Crippen molar-refractivity contribution in [2.45, 2.75) is 38.2 Å². The fourth-order valence-electron chi connectivity index (χ4n) is 1.86. The smallest absolute Gasteiger partial charge is 0.307 e. The van der Waals surface area contributed by atoms with Crippen LogP contribution in [0.5, 0.6) is 0 Å². The van der Waals surface area contributed by atoms with E-state index in [1.165, 1.54) is 0 Å². The normalized spacial score (nSPS) is 13.3. The molecular formula is C16H23NO3S. The van der Waals surface area contributed by atoms with Crippen molar-refractivity contribution in [3.05, 3.63) is 35.9 Å². The highest BCUT2D eigenvalue weighted by Crippen LogP contribution is 2.12. The molecule has 4 nitrogen and oxygen atoms in total. The molecule has 0 aromatic heterocycles. The molecule has 0 fully saturated rings. The Balaban J connectivity index is 2.48. The van der Waals surface area contributed by atoms with E-state index in [1.54, 1.807) is 30.6 Å². The summed E-state index contributed by atoms with van der Waals surface area (Å²) >= 11 is 1.60. The van der Waals surface area contributed by atoms with Crippen LogP contribution in [0.15, 0.2) is 30.3 Å². The molecule has 0 N–H and O–H groups in total. The van der Waals surface area contributed by atoms with Gasteiger partial charge in [-0.2, -0.15) is 11.8 Å². The summed E-state index contributed by atoms with van der Waals surface area (Å²) in [6.45, 7) is 4.08. The van der Waals surface area contributed by atoms with Gasteiger partial charge in [-0.15, -0.1) is 0 Å². The molecule has 0 bridgehead atoms. The number of carbonyl (C=O) groups excluding carboxylic acids is 2. The largest absolute Gasteiger partial charge is 0.453 e. The molecule has 1 rings (SSSR count). The first-order chi connectivity index (χ1) is 9.93. The SMILES string of the molecule is CS[C@H](C)CC(=O)O[C@@H](C)C(=O)N(C)Cc1ccccc1. The van der Waals surface area contributed by atoms with Gasteiger partial charge in [0.05, 0.1) is 6.42 Å². The van der Waals surface area contributed by atoms with Crippen LogP contribution in [0.3, 0.4) is 0 Å². The molecule has 0 saturated heterocycles. The second-order valence-electron chi connectivity index (χ2n) is 5.06. The fraction of sp³-hybridized carbons (Fsp3) is 0.500. The number of amides is 1. The monoisotopic (exact) mass is 309 g/mol. The zero-order valence-corrected chi connectivity index (χ0v) is 13.9. The molecule has 116 valence electrons. The summed E-state index contributed by atoms with van der Waals surface area (Å²) < 4.78 is 5.20. The third kappa shape index (κ3) is 6.21. The van der Waals surface area contributed by atoms with Crippen LogP contribution in [0, 0.1) is 0 Å². The molecule has 1 aromatic rings. The van der Waals surface area contributed by atoms with E-state index >= 15 is 0 Å². The predicted octanol–water partition coefficient (Wildman–Crippen LogP) is 2.72. The summed E-state index contributed by atoms with van der Waals surface area (Å²) in [5, 5.41) is 0.196. The van der Waals surface area contributed by atoms with Gasteiger partial charge in [-0.3, -0.25) is 9.59 Å². The Labute approximate surface area is 130 Å². The van der Waals surface area contributed by atoms with Crippen molar-refractivity contribution in [2.75, 3.05) is 13.3 Å². The van der Waals surface area contributed by atoms with E-state index in [-0.39, 0.29) is 17.1 Å². The molecule has 0 saturated carbocycles. The number of hydrogen-bond donors (Lipinski definition) is 0. The first-order valence-electron chi connectivity index (χ1n) is 6.95. The van der Waals surface area contributed by atoms with Crippen LogP contribution in [0.4, 0.5) is 0 Å². The van der Waals surface area contributed by atoms with E-state index in [1.807, 2.05) is 43.5 Å².